The predicted octanol–water partition coefficient (Wildman–Crippen LogP) is -0.964. The SMILES string of the molecule is CC(=O)NNP.[Ga]. The van der Waals surface area contributed by atoms with Gasteiger partial charge in [0.25, 0.3) is 0 Å². The van der Waals surface area contributed by atoms with Crippen LogP contribution < -0.4 is 10.6 Å². The number of amides is 1. The van der Waals surface area contributed by atoms with E-state index in [1.54, 1.807) is 0 Å². The molecule has 0 saturated carbocycles. The van der Waals surface area contributed by atoms with E-state index in [0.29, 0.717) is 0 Å². The molecule has 3 radical (unpaired) electrons. The van der Waals surface area contributed by atoms with E-state index in [4.69, 9.17) is 0 Å². The zero-order chi connectivity index (χ0) is 4.99. The molecule has 2 N–H and O–H groups in total. The molecule has 0 aromatic heterocycles. The first-order chi connectivity index (χ1) is 2.77. The van der Waals surface area contributed by atoms with Crippen LogP contribution in [0.25, 0.3) is 0 Å². The molecule has 0 heterocycles. The van der Waals surface area contributed by atoms with E-state index in [1.807, 2.05) is 0 Å². The van der Waals surface area contributed by atoms with Crippen molar-refractivity contribution in [3.8, 4) is 0 Å². The van der Waals surface area contributed by atoms with Gasteiger partial charge in [-0.05, 0) is 9.39 Å². The molecule has 5 heteroatoms. The average molecular weight is 176 g/mol. The van der Waals surface area contributed by atoms with Gasteiger partial charge in [0.2, 0.25) is 5.91 Å². The third kappa shape index (κ3) is 10.7. The first-order valence-electron chi connectivity index (χ1n) is 1.49. The van der Waals surface area contributed by atoms with E-state index < -0.39 is 0 Å². The van der Waals surface area contributed by atoms with Gasteiger partial charge in [0.15, 0.2) is 0 Å². The van der Waals surface area contributed by atoms with Crippen LogP contribution in [0.4, 0.5) is 0 Å². The number of hydrogen-bond donors (Lipinski definition) is 2. The van der Waals surface area contributed by atoms with Crippen LogP contribution >= 0.6 is 9.39 Å². The van der Waals surface area contributed by atoms with E-state index in [2.05, 4.69) is 20.0 Å². The number of hydrazine groups is 1. The average Bonchev–Trinajstić information content (AvgIpc) is 1.35. The molecule has 39 valence electrons. The number of carbonyl (C=O) groups excluding carboxylic acids is 1. The molecule has 0 bridgehead atoms. The fourth-order valence-corrected chi connectivity index (χ4v) is 0.305. The molecular formula is C2H7GaN2OP. The summed E-state index contributed by atoms with van der Waals surface area (Å²) in [5.74, 6) is -0.0926. The summed E-state index contributed by atoms with van der Waals surface area (Å²) >= 11 is 0. The molecular weight excluding hydrogens is 169 g/mol. The van der Waals surface area contributed by atoms with E-state index in [-0.39, 0.29) is 25.7 Å². The van der Waals surface area contributed by atoms with Gasteiger partial charge in [0.05, 0.1) is 0 Å². The van der Waals surface area contributed by atoms with Crippen molar-refractivity contribution in [1.29, 1.82) is 0 Å². The Labute approximate surface area is 57.9 Å². The van der Waals surface area contributed by atoms with Gasteiger partial charge in [-0.25, -0.2) is 5.20 Å². The van der Waals surface area contributed by atoms with Gasteiger partial charge < -0.3 is 0 Å². The molecule has 0 spiro atoms. The van der Waals surface area contributed by atoms with Crippen molar-refractivity contribution in [2.75, 3.05) is 0 Å². The summed E-state index contributed by atoms with van der Waals surface area (Å²) in [6, 6.07) is 0. The molecule has 0 saturated heterocycles. The summed E-state index contributed by atoms with van der Waals surface area (Å²) in [6.45, 7) is 1.43. The molecule has 0 aliphatic carbocycles. The van der Waals surface area contributed by atoms with Gasteiger partial charge in [-0.1, -0.05) is 0 Å². The molecule has 3 nitrogen and oxygen atoms in total. The fraction of sp³-hybridized carbons (Fsp3) is 0.500. The van der Waals surface area contributed by atoms with Crippen molar-refractivity contribution in [2.24, 2.45) is 0 Å². The second-order valence-electron chi connectivity index (χ2n) is 0.826. The molecule has 0 aliphatic rings. The summed E-state index contributed by atoms with van der Waals surface area (Å²) in [4.78, 5) is 9.86. The topological polar surface area (TPSA) is 41.1 Å². The second kappa shape index (κ2) is 6.50. The first-order valence-corrected chi connectivity index (χ1v) is 2.07. The van der Waals surface area contributed by atoms with Gasteiger partial charge in [0, 0.05) is 26.7 Å². The maximum atomic E-state index is 9.86. The largest absolute Gasteiger partial charge is 0.289 e. The van der Waals surface area contributed by atoms with E-state index in [0.717, 1.165) is 0 Å². The second-order valence-corrected chi connectivity index (χ2v) is 1.11. The maximum Gasteiger partial charge on any atom is 0.231 e. The van der Waals surface area contributed by atoms with Gasteiger partial charge in [-0.2, -0.15) is 0 Å². The monoisotopic (exact) mass is 175 g/mol. The van der Waals surface area contributed by atoms with Crippen LogP contribution in [0.1, 0.15) is 6.92 Å². The number of nitrogens with one attached hydrogen (secondary N) is 2. The molecule has 1 unspecified atom stereocenters. The third-order valence-corrected chi connectivity index (χ3v) is 0.393. The molecule has 0 rings (SSSR count). The Bertz CT molecular complexity index is 59.7. The number of carbonyl (C=O) groups is 1. The van der Waals surface area contributed by atoms with Crippen molar-refractivity contribution in [3.63, 3.8) is 0 Å². The molecule has 0 aromatic rings. The first kappa shape index (κ1) is 10.5. The summed E-state index contributed by atoms with van der Waals surface area (Å²) in [7, 11) is 2.14. The smallest absolute Gasteiger partial charge is 0.231 e. The normalized spacial score (nSPS) is 6.57. The Morgan fingerprint density at radius 1 is 1.71 bits per heavy atom. The van der Waals surface area contributed by atoms with Crippen LogP contribution in [0.3, 0.4) is 0 Å². The fourth-order valence-electron chi connectivity index (χ4n) is 0.102. The Balaban J connectivity index is 0. The third-order valence-electron chi connectivity index (χ3n) is 0.248. The van der Waals surface area contributed by atoms with Crippen molar-refractivity contribution in [1.82, 2.24) is 10.6 Å². The maximum absolute atomic E-state index is 9.86. The van der Waals surface area contributed by atoms with Crippen molar-refractivity contribution in [2.45, 2.75) is 6.92 Å². The minimum atomic E-state index is -0.0926. The standard InChI is InChI=1S/C2H7N2OP.Ga/c1-2(5)3-4-6;/h4H,6H2,1H3,(H,3,5);. The van der Waals surface area contributed by atoms with Crippen molar-refractivity contribution in [3.05, 3.63) is 0 Å². The molecule has 1 amide bonds. The van der Waals surface area contributed by atoms with Crippen LogP contribution in [0.2, 0.25) is 0 Å². The zero-order valence-corrected chi connectivity index (χ0v) is 7.64. The summed E-state index contributed by atoms with van der Waals surface area (Å²) in [6.07, 6.45) is 0. The Morgan fingerprint density at radius 3 is 2.14 bits per heavy atom. The van der Waals surface area contributed by atoms with Gasteiger partial charge >= 0.3 is 0 Å². The van der Waals surface area contributed by atoms with Gasteiger partial charge in [-0.3, -0.25) is 10.2 Å². The van der Waals surface area contributed by atoms with Crippen LogP contribution in [-0.4, -0.2) is 25.7 Å². The van der Waals surface area contributed by atoms with Gasteiger partial charge in [0.1, 0.15) is 0 Å². The van der Waals surface area contributed by atoms with E-state index in [9.17, 15) is 4.79 Å². The molecule has 7 heavy (non-hydrogen) atoms. The minimum Gasteiger partial charge on any atom is -0.289 e. The Hall–Kier alpha value is 0.496. The predicted molar refractivity (Wildman–Crippen MR) is 32.4 cm³/mol. The van der Waals surface area contributed by atoms with Crippen molar-refractivity contribution < 1.29 is 4.79 Å². The van der Waals surface area contributed by atoms with Gasteiger partial charge in [-0.15, -0.1) is 0 Å². The molecule has 0 aliphatic heterocycles. The summed E-state index contributed by atoms with van der Waals surface area (Å²) in [5.41, 5.74) is 2.28. The summed E-state index contributed by atoms with van der Waals surface area (Å²) < 4.78 is 0. The Kier molecular flexibility index (Phi) is 9.72. The van der Waals surface area contributed by atoms with Crippen LogP contribution in [-0.2, 0) is 4.79 Å². The van der Waals surface area contributed by atoms with Crippen LogP contribution in [0, 0.1) is 0 Å². The zero-order valence-electron chi connectivity index (χ0n) is 4.06. The van der Waals surface area contributed by atoms with Crippen LogP contribution in [0.5, 0.6) is 0 Å². The molecule has 1 atom stereocenters. The molecule has 0 fully saturated rings. The van der Waals surface area contributed by atoms with E-state index in [1.165, 1.54) is 6.92 Å². The number of hydrogen-bond acceptors (Lipinski definition) is 2. The quantitative estimate of drug-likeness (QED) is 0.306. The Morgan fingerprint density at radius 2 is 2.14 bits per heavy atom. The number of rotatable bonds is 1. The van der Waals surface area contributed by atoms with Crippen LogP contribution in [0.15, 0.2) is 0 Å². The van der Waals surface area contributed by atoms with Crippen molar-refractivity contribution >= 4 is 35.1 Å². The minimum absolute atomic E-state index is 0. The van der Waals surface area contributed by atoms with E-state index >= 15 is 0 Å². The summed E-state index contributed by atoms with van der Waals surface area (Å²) in [5, 5.41) is 2.38. The molecule has 0 aromatic carbocycles.